The van der Waals surface area contributed by atoms with E-state index in [4.69, 9.17) is 5.73 Å². The van der Waals surface area contributed by atoms with E-state index < -0.39 is 12.1 Å². The van der Waals surface area contributed by atoms with Crippen molar-refractivity contribution in [3.8, 4) is 0 Å². The molecule has 0 aliphatic heterocycles. The van der Waals surface area contributed by atoms with Gasteiger partial charge >= 0.3 is 0 Å². The molecule has 5 N–H and O–H groups in total. The maximum atomic E-state index is 11.9. The molecule has 0 spiro atoms. The summed E-state index contributed by atoms with van der Waals surface area (Å²) in [6.07, 6.45) is 7.62. The fourth-order valence-electron chi connectivity index (χ4n) is 1.78. The summed E-state index contributed by atoms with van der Waals surface area (Å²) < 4.78 is 0. The van der Waals surface area contributed by atoms with Gasteiger partial charge in [-0.25, -0.2) is 9.97 Å². The monoisotopic (exact) mass is 276 g/mol. The minimum atomic E-state index is -0.736. The number of imidazole rings is 2. The minimum absolute atomic E-state index is 0.335. The number of nitrogens with one attached hydrogen (secondary N) is 3. The summed E-state index contributed by atoms with van der Waals surface area (Å²) in [5, 5.41) is 2.60. The van der Waals surface area contributed by atoms with E-state index in [9.17, 15) is 9.59 Å². The van der Waals surface area contributed by atoms with Crippen LogP contribution in [-0.2, 0) is 22.4 Å². The van der Waals surface area contributed by atoms with Crippen LogP contribution in [0.3, 0.4) is 0 Å². The maximum Gasteiger partial charge on any atom is 0.237 e. The van der Waals surface area contributed by atoms with Crippen LogP contribution in [0.25, 0.3) is 0 Å². The molecule has 2 heterocycles. The summed E-state index contributed by atoms with van der Waals surface area (Å²) in [4.78, 5) is 36.4. The van der Waals surface area contributed by atoms with Crippen molar-refractivity contribution in [3.05, 3.63) is 36.4 Å². The van der Waals surface area contributed by atoms with Crippen LogP contribution < -0.4 is 11.1 Å². The van der Waals surface area contributed by atoms with E-state index in [0.717, 1.165) is 11.4 Å². The molecule has 2 aromatic heterocycles. The number of hydrogen-bond acceptors (Lipinski definition) is 5. The van der Waals surface area contributed by atoms with Gasteiger partial charge in [-0.3, -0.25) is 4.79 Å². The number of nitrogens with two attached hydrogens (primary N) is 1. The summed E-state index contributed by atoms with van der Waals surface area (Å²) in [7, 11) is 0. The molecule has 0 bridgehead atoms. The first kappa shape index (κ1) is 13.9. The molecule has 106 valence electrons. The van der Waals surface area contributed by atoms with E-state index in [1.165, 1.54) is 12.7 Å². The van der Waals surface area contributed by atoms with Crippen molar-refractivity contribution < 1.29 is 9.59 Å². The van der Waals surface area contributed by atoms with E-state index in [1.54, 1.807) is 12.4 Å². The van der Waals surface area contributed by atoms with Gasteiger partial charge in [0, 0.05) is 36.6 Å². The Labute approximate surface area is 115 Å². The van der Waals surface area contributed by atoms with Crippen LogP contribution in [0.2, 0.25) is 0 Å². The average molecular weight is 276 g/mol. The minimum Gasteiger partial charge on any atom is -0.348 e. The lowest BCUT2D eigenvalue weighted by Gasteiger charge is -2.15. The zero-order chi connectivity index (χ0) is 14.4. The highest BCUT2D eigenvalue weighted by Gasteiger charge is 2.19. The summed E-state index contributed by atoms with van der Waals surface area (Å²) in [6, 6.07) is -1.37. The first-order chi connectivity index (χ1) is 9.69. The van der Waals surface area contributed by atoms with Gasteiger partial charge in [0.1, 0.15) is 6.29 Å². The third-order valence-corrected chi connectivity index (χ3v) is 2.82. The molecule has 1 unspecified atom stereocenters. The van der Waals surface area contributed by atoms with Crippen molar-refractivity contribution in [2.24, 2.45) is 5.73 Å². The quantitative estimate of drug-likeness (QED) is 0.478. The fraction of sp³-hybridized carbons (Fsp3) is 0.333. The van der Waals surface area contributed by atoms with Crippen LogP contribution in [0.1, 0.15) is 11.4 Å². The number of aromatic amines is 2. The number of hydrogen-bond donors (Lipinski definition) is 4. The Morgan fingerprint density at radius 3 is 2.35 bits per heavy atom. The van der Waals surface area contributed by atoms with Gasteiger partial charge < -0.3 is 25.8 Å². The van der Waals surface area contributed by atoms with Crippen LogP contribution in [0.4, 0.5) is 0 Å². The van der Waals surface area contributed by atoms with Crippen molar-refractivity contribution in [2.75, 3.05) is 0 Å². The average Bonchev–Trinajstić information content (AvgIpc) is 3.11. The normalized spacial score (nSPS) is 13.7. The molecule has 8 heteroatoms. The number of aromatic nitrogens is 4. The van der Waals surface area contributed by atoms with E-state index in [-0.39, 0.29) is 5.91 Å². The summed E-state index contributed by atoms with van der Waals surface area (Å²) in [5.74, 6) is -0.379. The van der Waals surface area contributed by atoms with Crippen LogP contribution >= 0.6 is 0 Å². The van der Waals surface area contributed by atoms with Crippen molar-refractivity contribution in [2.45, 2.75) is 24.9 Å². The largest absolute Gasteiger partial charge is 0.348 e. The van der Waals surface area contributed by atoms with Crippen molar-refractivity contribution in [1.29, 1.82) is 0 Å². The number of H-pyrrole nitrogens is 2. The van der Waals surface area contributed by atoms with Crippen LogP contribution in [0.5, 0.6) is 0 Å². The summed E-state index contributed by atoms with van der Waals surface area (Å²) in [5.41, 5.74) is 7.32. The topological polar surface area (TPSA) is 130 Å². The SMILES string of the molecule is NC(Cc1cnc[nH]1)C(=O)N[C@H](C=O)Cc1cnc[nH]1. The van der Waals surface area contributed by atoms with Crippen molar-refractivity contribution >= 4 is 12.2 Å². The van der Waals surface area contributed by atoms with Gasteiger partial charge in [0.05, 0.1) is 24.7 Å². The van der Waals surface area contributed by atoms with Crippen molar-refractivity contribution in [1.82, 2.24) is 25.3 Å². The Balaban J connectivity index is 1.86. The smallest absolute Gasteiger partial charge is 0.237 e. The van der Waals surface area contributed by atoms with Gasteiger partial charge in [-0.2, -0.15) is 0 Å². The molecule has 2 atom stereocenters. The number of carbonyl (C=O) groups excluding carboxylic acids is 2. The molecule has 0 saturated carbocycles. The maximum absolute atomic E-state index is 11.9. The Bertz CT molecular complexity index is 536. The highest BCUT2D eigenvalue weighted by Crippen LogP contribution is 1.99. The molecule has 0 saturated heterocycles. The molecule has 0 aromatic carbocycles. The highest BCUT2D eigenvalue weighted by molar-refractivity contribution is 5.84. The predicted octanol–water partition coefficient (Wildman–Crippen LogP) is -1.07. The molecule has 0 aliphatic carbocycles. The second-order valence-corrected chi connectivity index (χ2v) is 4.42. The molecule has 20 heavy (non-hydrogen) atoms. The van der Waals surface area contributed by atoms with Gasteiger partial charge in [-0.1, -0.05) is 0 Å². The fourth-order valence-corrected chi connectivity index (χ4v) is 1.78. The second kappa shape index (κ2) is 6.62. The lowest BCUT2D eigenvalue weighted by Crippen LogP contribution is -2.47. The first-order valence-electron chi connectivity index (χ1n) is 6.14. The van der Waals surface area contributed by atoms with Gasteiger partial charge in [0.25, 0.3) is 0 Å². The predicted molar refractivity (Wildman–Crippen MR) is 70.6 cm³/mol. The second-order valence-electron chi connectivity index (χ2n) is 4.42. The zero-order valence-electron chi connectivity index (χ0n) is 10.7. The molecular formula is C12H16N6O2. The molecule has 2 aromatic rings. The number of aldehydes is 1. The molecule has 0 radical (unpaired) electrons. The Morgan fingerprint density at radius 1 is 1.25 bits per heavy atom. The molecule has 8 nitrogen and oxygen atoms in total. The molecule has 1 amide bonds. The Morgan fingerprint density at radius 2 is 1.85 bits per heavy atom. The van der Waals surface area contributed by atoms with E-state index in [0.29, 0.717) is 19.1 Å². The molecule has 2 rings (SSSR count). The van der Waals surface area contributed by atoms with Crippen LogP contribution in [0, 0.1) is 0 Å². The Kier molecular flexibility index (Phi) is 4.61. The third kappa shape index (κ3) is 3.75. The van der Waals surface area contributed by atoms with Crippen LogP contribution in [-0.4, -0.2) is 44.2 Å². The first-order valence-corrected chi connectivity index (χ1v) is 6.14. The molecule has 0 fully saturated rings. The van der Waals surface area contributed by atoms with Gasteiger partial charge in [0.2, 0.25) is 5.91 Å². The van der Waals surface area contributed by atoms with Gasteiger partial charge in [-0.15, -0.1) is 0 Å². The number of amides is 1. The van der Waals surface area contributed by atoms with E-state index >= 15 is 0 Å². The van der Waals surface area contributed by atoms with E-state index in [1.807, 2.05) is 0 Å². The lowest BCUT2D eigenvalue weighted by atomic mass is 10.1. The standard InChI is InChI=1S/C12H16N6O2/c13-11(2-9-4-15-7-17-9)12(20)18-10(5-19)1-8-3-14-6-16-8/h3-7,10-11H,1-2,13H2,(H,14,16)(H,15,17)(H,18,20)/t10-,11?/m0/s1. The van der Waals surface area contributed by atoms with Crippen molar-refractivity contribution in [3.63, 3.8) is 0 Å². The van der Waals surface area contributed by atoms with E-state index in [2.05, 4.69) is 25.3 Å². The number of nitrogens with zero attached hydrogens (tertiary/aromatic N) is 2. The molecular weight excluding hydrogens is 260 g/mol. The Hall–Kier alpha value is -2.48. The molecule has 0 aliphatic rings. The third-order valence-electron chi connectivity index (χ3n) is 2.82. The van der Waals surface area contributed by atoms with Gasteiger partial charge in [-0.05, 0) is 0 Å². The number of carbonyl (C=O) groups is 2. The van der Waals surface area contributed by atoms with Gasteiger partial charge in [0.15, 0.2) is 0 Å². The highest BCUT2D eigenvalue weighted by atomic mass is 16.2. The van der Waals surface area contributed by atoms with Crippen LogP contribution in [0.15, 0.2) is 25.0 Å². The summed E-state index contributed by atoms with van der Waals surface area (Å²) >= 11 is 0. The summed E-state index contributed by atoms with van der Waals surface area (Å²) in [6.45, 7) is 0. The number of rotatable bonds is 7. The lowest BCUT2D eigenvalue weighted by molar-refractivity contribution is -0.125. The zero-order valence-corrected chi connectivity index (χ0v) is 10.7.